The standard InChI is InChI=1S/C53H82N8O17S/c1-49(2,3)75-43(65)35-59(36-44(66)76-50(4,5)6)29-31-61(48(70)78-52(10,11)12)30-28-58(34-42(63)64)33-41(62)55-25-14-13-17-40(56-47(69)77-51(7,8)9)45(67)60-26-22-53(23-27-60,46(68)57-71)79(72,73)39-20-18-37(19-21-39)74-38-16-15-24-54-32-38/h15-16,18-21,24,32,40,71H,13-14,17,22-23,25-31,33-36H2,1-12H3,(H,55,62)(H,56,69)(H,57,68)(H,63,64)/t40-/m0/s1. The summed E-state index contributed by atoms with van der Waals surface area (Å²) in [5.41, 5.74) is -2.00. The topological polar surface area (TPSA) is 319 Å². The Hall–Kier alpha value is -6.64. The van der Waals surface area contributed by atoms with Gasteiger partial charge in [0.25, 0.3) is 5.91 Å². The minimum atomic E-state index is -4.50. The lowest BCUT2D eigenvalue weighted by molar-refractivity contribution is -0.160. The molecule has 2 aromatic rings. The summed E-state index contributed by atoms with van der Waals surface area (Å²) in [5.74, 6) is -4.10. The lowest BCUT2D eigenvalue weighted by atomic mass is 9.94. The van der Waals surface area contributed by atoms with E-state index < -0.39 is 117 Å². The van der Waals surface area contributed by atoms with Crippen LogP contribution in [0.4, 0.5) is 9.59 Å². The Bertz CT molecular complexity index is 2470. The third-order valence-corrected chi connectivity index (χ3v) is 14.0. The van der Waals surface area contributed by atoms with Crippen LogP contribution in [0, 0.1) is 0 Å². The number of hydrogen-bond donors (Lipinski definition) is 5. The van der Waals surface area contributed by atoms with Gasteiger partial charge in [-0.15, -0.1) is 0 Å². The van der Waals surface area contributed by atoms with Crippen molar-refractivity contribution < 1.29 is 80.8 Å². The number of amides is 5. The average Bonchev–Trinajstić information content (AvgIpc) is 3.30. The van der Waals surface area contributed by atoms with Gasteiger partial charge in [-0.25, -0.2) is 23.5 Å². The van der Waals surface area contributed by atoms with Gasteiger partial charge in [0.2, 0.25) is 11.8 Å². The molecule has 0 radical (unpaired) electrons. The van der Waals surface area contributed by atoms with Crippen molar-refractivity contribution in [2.45, 2.75) is 153 Å². The summed E-state index contributed by atoms with van der Waals surface area (Å²) < 4.78 is 54.0. The number of hydrogen-bond acceptors (Lipinski definition) is 19. The Kier molecular flexibility index (Phi) is 24.5. The number of aromatic nitrogens is 1. The number of benzene rings is 1. The maximum absolute atomic E-state index is 14.2. The third kappa shape index (κ3) is 23.7. The van der Waals surface area contributed by atoms with Crippen molar-refractivity contribution in [1.82, 2.24) is 40.7 Å². The highest BCUT2D eigenvalue weighted by Gasteiger charge is 2.54. The lowest BCUT2D eigenvalue weighted by Crippen LogP contribution is -2.60. The molecule has 5 amide bonds. The van der Waals surface area contributed by atoms with E-state index in [0.717, 1.165) is 0 Å². The number of alkyl carbamates (subject to hydrolysis) is 1. The zero-order valence-corrected chi connectivity index (χ0v) is 48.5. The van der Waals surface area contributed by atoms with E-state index in [9.17, 15) is 57.1 Å². The summed E-state index contributed by atoms with van der Waals surface area (Å²) in [4.78, 5) is 114. The minimum Gasteiger partial charge on any atom is -0.480 e. The number of carbonyl (C=O) groups excluding carboxylic acids is 7. The normalized spacial score (nSPS) is 14.3. The molecule has 2 heterocycles. The Morgan fingerprint density at radius 2 is 1.23 bits per heavy atom. The molecule has 442 valence electrons. The van der Waals surface area contributed by atoms with E-state index in [4.69, 9.17) is 23.7 Å². The molecule has 1 atom stereocenters. The van der Waals surface area contributed by atoms with Crippen LogP contribution in [-0.4, -0.2) is 196 Å². The second kappa shape index (κ2) is 29.0. The fraction of sp³-hybridized carbons (Fsp3) is 0.642. The molecular formula is C53H82N8O17S. The van der Waals surface area contributed by atoms with Crippen molar-refractivity contribution in [3.05, 3.63) is 48.8 Å². The Balaban J connectivity index is 1.69. The van der Waals surface area contributed by atoms with Gasteiger partial charge < -0.3 is 49.2 Å². The predicted molar refractivity (Wildman–Crippen MR) is 286 cm³/mol. The van der Waals surface area contributed by atoms with E-state index in [-0.39, 0.29) is 83.1 Å². The van der Waals surface area contributed by atoms with Crippen LogP contribution in [0.15, 0.2) is 53.7 Å². The molecule has 0 unspecified atom stereocenters. The number of likely N-dealkylation sites (tertiary alicyclic amines) is 1. The van der Waals surface area contributed by atoms with E-state index >= 15 is 0 Å². The number of unbranched alkanes of at least 4 members (excludes halogenated alkanes) is 1. The van der Waals surface area contributed by atoms with Gasteiger partial charge in [0.15, 0.2) is 14.6 Å². The minimum absolute atomic E-state index is 0.0232. The van der Waals surface area contributed by atoms with Gasteiger partial charge in [-0.05, 0) is 152 Å². The summed E-state index contributed by atoms with van der Waals surface area (Å²) in [7, 11) is -4.50. The number of hydroxylamine groups is 1. The molecule has 1 saturated heterocycles. The molecule has 26 heteroatoms. The molecule has 25 nitrogen and oxygen atoms in total. The van der Waals surface area contributed by atoms with Crippen LogP contribution in [0.5, 0.6) is 11.5 Å². The summed E-state index contributed by atoms with van der Waals surface area (Å²) in [6.07, 6.45) is 1.14. The quantitative estimate of drug-likeness (QED) is 0.0288. The van der Waals surface area contributed by atoms with Gasteiger partial charge in [0.1, 0.15) is 39.9 Å². The number of esters is 2. The summed E-state index contributed by atoms with van der Waals surface area (Å²) in [6.45, 7) is 17.7. The first kappa shape index (κ1) is 66.6. The molecule has 1 aliphatic rings. The van der Waals surface area contributed by atoms with Crippen molar-refractivity contribution in [3.8, 4) is 11.5 Å². The molecule has 0 saturated carbocycles. The smallest absolute Gasteiger partial charge is 0.410 e. The molecular weight excluding hydrogens is 1050 g/mol. The molecule has 1 aromatic carbocycles. The molecule has 3 rings (SSSR count). The number of rotatable bonds is 26. The molecule has 0 bridgehead atoms. The van der Waals surface area contributed by atoms with Crippen LogP contribution >= 0.6 is 0 Å². The first-order valence-electron chi connectivity index (χ1n) is 26.0. The van der Waals surface area contributed by atoms with Gasteiger partial charge in [-0.3, -0.25) is 48.8 Å². The first-order chi connectivity index (χ1) is 36.5. The fourth-order valence-corrected chi connectivity index (χ4v) is 9.98. The van der Waals surface area contributed by atoms with Gasteiger partial charge >= 0.3 is 30.1 Å². The molecule has 1 aromatic heterocycles. The number of aliphatic carboxylic acids is 1. The largest absolute Gasteiger partial charge is 0.480 e. The molecule has 1 fully saturated rings. The van der Waals surface area contributed by atoms with Crippen LogP contribution in [-0.2, 0) is 57.6 Å². The fourth-order valence-electron chi connectivity index (χ4n) is 8.03. The zero-order chi connectivity index (χ0) is 59.6. The van der Waals surface area contributed by atoms with E-state index in [2.05, 4.69) is 15.6 Å². The van der Waals surface area contributed by atoms with Crippen molar-refractivity contribution in [3.63, 3.8) is 0 Å². The first-order valence-corrected chi connectivity index (χ1v) is 27.5. The zero-order valence-electron chi connectivity index (χ0n) is 47.7. The van der Waals surface area contributed by atoms with Crippen molar-refractivity contribution in [1.29, 1.82) is 0 Å². The molecule has 1 aliphatic heterocycles. The summed E-state index contributed by atoms with van der Waals surface area (Å²) in [6, 6.07) is 7.51. The SMILES string of the molecule is CC(C)(C)OC(=O)CN(CCN(CCN(CC(=O)O)CC(=O)NCCCC[C@H](NC(=O)OC(C)(C)C)C(=O)N1CCC(C(=O)NO)(S(=O)(=O)c2ccc(Oc3cccnc3)cc2)CC1)C(=O)OC(C)(C)C)CC(=O)OC(C)(C)C. The second-order valence-corrected chi connectivity index (χ2v) is 25.3. The molecule has 0 aliphatic carbocycles. The number of sulfone groups is 1. The maximum atomic E-state index is 14.2. The van der Waals surface area contributed by atoms with Crippen molar-refractivity contribution >= 4 is 57.7 Å². The monoisotopic (exact) mass is 1130 g/mol. The maximum Gasteiger partial charge on any atom is 0.410 e. The van der Waals surface area contributed by atoms with E-state index in [1.165, 1.54) is 55.5 Å². The number of ether oxygens (including phenoxy) is 5. The van der Waals surface area contributed by atoms with Gasteiger partial charge in [-0.2, -0.15) is 0 Å². The van der Waals surface area contributed by atoms with Crippen molar-refractivity contribution in [2.75, 3.05) is 72.0 Å². The van der Waals surface area contributed by atoms with Crippen molar-refractivity contribution in [2.24, 2.45) is 0 Å². The van der Waals surface area contributed by atoms with Crippen LogP contribution in [0.1, 0.15) is 115 Å². The molecule has 5 N–H and O–H groups in total. The Morgan fingerprint density at radius 3 is 1.71 bits per heavy atom. The number of nitrogens with one attached hydrogen (secondary N) is 3. The van der Waals surface area contributed by atoms with E-state index in [1.54, 1.807) is 101 Å². The van der Waals surface area contributed by atoms with Crippen LogP contribution in [0.2, 0.25) is 0 Å². The lowest BCUT2D eigenvalue weighted by Gasteiger charge is -2.40. The molecule has 79 heavy (non-hydrogen) atoms. The summed E-state index contributed by atoms with van der Waals surface area (Å²) >= 11 is 0. The van der Waals surface area contributed by atoms with Gasteiger partial charge in [0.05, 0.1) is 37.3 Å². The Morgan fingerprint density at radius 1 is 0.696 bits per heavy atom. The van der Waals surface area contributed by atoms with Gasteiger partial charge in [0, 0.05) is 52.0 Å². The number of nitrogens with zero attached hydrogens (tertiary/aromatic N) is 5. The van der Waals surface area contributed by atoms with Crippen LogP contribution in [0.3, 0.4) is 0 Å². The number of carboxylic acids is 1. The van der Waals surface area contributed by atoms with E-state index in [1.807, 2.05) is 0 Å². The molecule has 0 spiro atoms. The Labute approximate surface area is 463 Å². The van der Waals surface area contributed by atoms with E-state index in [0.29, 0.717) is 11.5 Å². The highest BCUT2D eigenvalue weighted by atomic mass is 32.2. The summed E-state index contributed by atoms with van der Waals surface area (Å²) in [5, 5.41) is 24.9. The number of pyridine rings is 1. The van der Waals surface area contributed by atoms with Crippen LogP contribution < -0.4 is 20.9 Å². The predicted octanol–water partition coefficient (Wildman–Crippen LogP) is 4.30. The number of carboxylic acid groups (broad SMARTS) is 1. The second-order valence-electron chi connectivity index (χ2n) is 23.0. The highest BCUT2D eigenvalue weighted by molar-refractivity contribution is 7.93. The third-order valence-electron chi connectivity index (χ3n) is 11.4. The highest BCUT2D eigenvalue weighted by Crippen LogP contribution is 2.37. The van der Waals surface area contributed by atoms with Gasteiger partial charge in [-0.1, -0.05) is 0 Å². The van der Waals surface area contributed by atoms with Crippen LogP contribution in [0.25, 0.3) is 0 Å². The number of carbonyl (C=O) groups is 8. The average molecular weight is 1140 g/mol. The number of piperidine rings is 1.